The van der Waals surface area contributed by atoms with E-state index in [1.807, 2.05) is 37.3 Å². The number of halogens is 1. The third-order valence-corrected chi connectivity index (χ3v) is 4.14. The van der Waals surface area contributed by atoms with Crippen molar-refractivity contribution in [2.24, 2.45) is 0 Å². The SMILES string of the molecule is C[C@H](c1ccccc1)n1cnc2c(nnn2-c2cccc(F)c2)c1=O. The molecule has 4 aromatic rings. The average Bonchev–Trinajstić information content (AvgIpc) is 3.07. The molecule has 7 heteroatoms. The quantitative estimate of drug-likeness (QED) is 0.577. The Morgan fingerprint density at radius 2 is 1.88 bits per heavy atom. The Labute approximate surface area is 142 Å². The molecule has 0 bridgehead atoms. The van der Waals surface area contributed by atoms with Crippen molar-refractivity contribution in [3.63, 3.8) is 0 Å². The fraction of sp³-hybridized carbons (Fsp3) is 0.111. The standard InChI is InChI=1S/C18H14FN5O/c1-12(13-6-3-2-4-7-13)23-11-20-17-16(18(23)25)21-22-24(17)15-9-5-8-14(19)10-15/h2-12H,1H3/t12-/m1/s1. The van der Waals surface area contributed by atoms with E-state index in [1.54, 1.807) is 12.1 Å². The Hall–Kier alpha value is -3.35. The summed E-state index contributed by atoms with van der Waals surface area (Å²) in [5.74, 6) is -0.396. The lowest BCUT2D eigenvalue weighted by Crippen LogP contribution is -2.24. The fourth-order valence-electron chi connectivity index (χ4n) is 2.77. The Kier molecular flexibility index (Phi) is 3.61. The lowest BCUT2D eigenvalue weighted by atomic mass is 10.1. The third kappa shape index (κ3) is 2.59. The van der Waals surface area contributed by atoms with E-state index >= 15 is 0 Å². The predicted octanol–water partition coefficient (Wildman–Crippen LogP) is 2.73. The highest BCUT2D eigenvalue weighted by Gasteiger charge is 2.17. The highest BCUT2D eigenvalue weighted by atomic mass is 19.1. The van der Waals surface area contributed by atoms with Crippen LogP contribution in [0.3, 0.4) is 0 Å². The lowest BCUT2D eigenvalue weighted by molar-refractivity contribution is 0.607. The number of aromatic nitrogens is 5. The van der Waals surface area contributed by atoms with Crippen molar-refractivity contribution >= 4 is 11.2 Å². The highest BCUT2D eigenvalue weighted by molar-refractivity contribution is 5.70. The second-order valence-corrected chi connectivity index (χ2v) is 5.70. The topological polar surface area (TPSA) is 65.6 Å². The van der Waals surface area contributed by atoms with Crippen LogP contribution in [0.5, 0.6) is 0 Å². The number of nitrogens with zero attached hydrogens (tertiary/aromatic N) is 5. The van der Waals surface area contributed by atoms with Gasteiger partial charge in [-0.05, 0) is 30.7 Å². The average molecular weight is 335 g/mol. The highest BCUT2D eigenvalue weighted by Crippen LogP contribution is 2.17. The minimum atomic E-state index is -0.396. The van der Waals surface area contributed by atoms with Crippen LogP contribution in [-0.4, -0.2) is 24.5 Å². The van der Waals surface area contributed by atoms with Gasteiger partial charge in [-0.25, -0.2) is 9.37 Å². The number of rotatable bonds is 3. The van der Waals surface area contributed by atoms with E-state index in [0.717, 1.165) is 5.56 Å². The smallest absolute Gasteiger partial charge is 0.284 e. The summed E-state index contributed by atoms with van der Waals surface area (Å²) in [6, 6.07) is 15.4. The van der Waals surface area contributed by atoms with Gasteiger partial charge in [0.1, 0.15) is 12.1 Å². The maximum absolute atomic E-state index is 13.4. The second-order valence-electron chi connectivity index (χ2n) is 5.70. The van der Waals surface area contributed by atoms with Gasteiger partial charge >= 0.3 is 0 Å². The largest absolute Gasteiger partial charge is 0.290 e. The van der Waals surface area contributed by atoms with Gasteiger partial charge in [-0.15, -0.1) is 5.10 Å². The summed E-state index contributed by atoms with van der Waals surface area (Å²) >= 11 is 0. The van der Waals surface area contributed by atoms with Crippen LogP contribution in [-0.2, 0) is 0 Å². The molecule has 0 aliphatic rings. The van der Waals surface area contributed by atoms with Crippen LogP contribution in [0.15, 0.2) is 65.7 Å². The molecule has 0 spiro atoms. The monoisotopic (exact) mass is 335 g/mol. The Morgan fingerprint density at radius 3 is 2.64 bits per heavy atom. The first-order valence-corrected chi connectivity index (χ1v) is 7.78. The molecule has 124 valence electrons. The predicted molar refractivity (Wildman–Crippen MR) is 91.1 cm³/mol. The molecule has 2 aromatic heterocycles. The van der Waals surface area contributed by atoms with Crippen molar-refractivity contribution in [1.29, 1.82) is 0 Å². The van der Waals surface area contributed by atoms with Crippen molar-refractivity contribution in [3.05, 3.63) is 82.7 Å². The Bertz CT molecular complexity index is 1100. The summed E-state index contributed by atoms with van der Waals surface area (Å²) in [5, 5.41) is 7.92. The molecule has 2 aromatic carbocycles. The molecule has 0 fully saturated rings. The van der Waals surface area contributed by atoms with Gasteiger partial charge in [0.05, 0.1) is 11.7 Å². The third-order valence-electron chi connectivity index (χ3n) is 4.14. The molecule has 0 unspecified atom stereocenters. The summed E-state index contributed by atoms with van der Waals surface area (Å²) in [4.78, 5) is 17.1. The summed E-state index contributed by atoms with van der Waals surface area (Å²) < 4.78 is 16.3. The zero-order valence-electron chi connectivity index (χ0n) is 13.4. The van der Waals surface area contributed by atoms with E-state index in [1.165, 1.54) is 27.7 Å². The number of hydrogen-bond donors (Lipinski definition) is 0. The van der Waals surface area contributed by atoms with Crippen LogP contribution in [0, 0.1) is 5.82 Å². The first-order valence-electron chi connectivity index (χ1n) is 7.78. The van der Waals surface area contributed by atoms with Gasteiger partial charge in [0.25, 0.3) is 5.56 Å². The molecule has 0 saturated carbocycles. The minimum absolute atomic E-state index is 0.148. The second kappa shape index (κ2) is 5.94. The van der Waals surface area contributed by atoms with Gasteiger partial charge in [0.2, 0.25) is 0 Å². The van der Waals surface area contributed by atoms with Crippen LogP contribution in [0.1, 0.15) is 18.5 Å². The molecular weight excluding hydrogens is 321 g/mol. The van der Waals surface area contributed by atoms with Crippen LogP contribution in [0.4, 0.5) is 4.39 Å². The zero-order chi connectivity index (χ0) is 17.4. The minimum Gasteiger partial charge on any atom is -0.290 e. The molecule has 2 heterocycles. The summed E-state index contributed by atoms with van der Waals surface area (Å²) in [6.45, 7) is 1.92. The van der Waals surface area contributed by atoms with Crippen LogP contribution in [0.2, 0.25) is 0 Å². The van der Waals surface area contributed by atoms with Crippen molar-refractivity contribution in [1.82, 2.24) is 24.5 Å². The molecular formula is C18H14FN5O. The van der Waals surface area contributed by atoms with E-state index < -0.39 is 5.82 Å². The molecule has 1 atom stereocenters. The Balaban J connectivity index is 1.84. The van der Waals surface area contributed by atoms with Crippen molar-refractivity contribution in [2.75, 3.05) is 0 Å². The molecule has 4 rings (SSSR count). The van der Waals surface area contributed by atoms with Gasteiger partial charge < -0.3 is 0 Å². The van der Waals surface area contributed by atoms with Gasteiger partial charge in [-0.2, -0.15) is 4.68 Å². The van der Waals surface area contributed by atoms with Crippen LogP contribution >= 0.6 is 0 Å². The normalized spacial score (nSPS) is 12.4. The molecule has 0 amide bonds. The van der Waals surface area contributed by atoms with E-state index in [4.69, 9.17) is 0 Å². The first-order chi connectivity index (χ1) is 12.1. The van der Waals surface area contributed by atoms with Crippen molar-refractivity contribution in [3.8, 4) is 5.69 Å². The molecule has 0 N–H and O–H groups in total. The van der Waals surface area contributed by atoms with Gasteiger partial charge in [-0.3, -0.25) is 9.36 Å². The van der Waals surface area contributed by atoms with Gasteiger partial charge in [-0.1, -0.05) is 41.6 Å². The Morgan fingerprint density at radius 1 is 1.08 bits per heavy atom. The van der Waals surface area contributed by atoms with E-state index in [2.05, 4.69) is 15.3 Å². The zero-order valence-corrected chi connectivity index (χ0v) is 13.4. The first kappa shape index (κ1) is 15.2. The molecule has 6 nitrogen and oxygen atoms in total. The number of hydrogen-bond acceptors (Lipinski definition) is 4. The maximum Gasteiger partial charge on any atom is 0.284 e. The lowest BCUT2D eigenvalue weighted by Gasteiger charge is -2.14. The molecule has 0 radical (unpaired) electrons. The van der Waals surface area contributed by atoms with E-state index in [9.17, 15) is 9.18 Å². The molecule has 0 saturated heterocycles. The number of fused-ring (bicyclic) bond motifs is 1. The fourth-order valence-corrected chi connectivity index (χ4v) is 2.77. The number of benzene rings is 2. The van der Waals surface area contributed by atoms with E-state index in [-0.39, 0.29) is 17.1 Å². The van der Waals surface area contributed by atoms with Gasteiger partial charge in [0, 0.05) is 0 Å². The van der Waals surface area contributed by atoms with Crippen molar-refractivity contribution in [2.45, 2.75) is 13.0 Å². The summed E-state index contributed by atoms with van der Waals surface area (Å²) in [5.41, 5.74) is 1.61. The maximum atomic E-state index is 13.4. The molecule has 0 aliphatic heterocycles. The van der Waals surface area contributed by atoms with Crippen molar-refractivity contribution < 1.29 is 4.39 Å². The molecule has 25 heavy (non-hydrogen) atoms. The summed E-state index contributed by atoms with van der Waals surface area (Å²) in [6.07, 6.45) is 1.47. The molecule has 0 aliphatic carbocycles. The van der Waals surface area contributed by atoms with Crippen LogP contribution < -0.4 is 5.56 Å². The van der Waals surface area contributed by atoms with Gasteiger partial charge in [0.15, 0.2) is 11.2 Å². The van der Waals surface area contributed by atoms with Crippen LogP contribution in [0.25, 0.3) is 16.9 Å². The van der Waals surface area contributed by atoms with E-state index in [0.29, 0.717) is 11.3 Å². The summed E-state index contributed by atoms with van der Waals surface area (Å²) in [7, 11) is 0.